The Morgan fingerprint density at radius 3 is 1.56 bits per heavy atom. The van der Waals surface area contributed by atoms with Crippen LogP contribution < -0.4 is 0 Å². The number of carbonyl (C=O) groups is 2. The highest BCUT2D eigenvalue weighted by Gasteiger charge is 2.55. The van der Waals surface area contributed by atoms with E-state index in [1.807, 2.05) is 36.4 Å². The highest BCUT2D eigenvalue weighted by molar-refractivity contribution is 6.02. The maximum atomic E-state index is 13.2. The second-order valence-corrected chi connectivity index (χ2v) is 6.83. The summed E-state index contributed by atoms with van der Waals surface area (Å²) >= 11 is 0. The van der Waals surface area contributed by atoms with Crippen molar-refractivity contribution in [3.05, 3.63) is 107 Å². The van der Waals surface area contributed by atoms with Gasteiger partial charge in [-0.3, -0.25) is 4.79 Å². The highest BCUT2D eigenvalue weighted by atomic mass is 16.5. The van der Waals surface area contributed by atoms with Crippen LogP contribution in [0.25, 0.3) is 0 Å². The van der Waals surface area contributed by atoms with Crippen LogP contribution in [0, 0.1) is 5.92 Å². The van der Waals surface area contributed by atoms with Crippen molar-refractivity contribution in [3.63, 3.8) is 0 Å². The van der Waals surface area contributed by atoms with Crippen molar-refractivity contribution in [1.29, 1.82) is 0 Å². The minimum Gasteiger partial charge on any atom is -0.465 e. The first-order valence-electron chi connectivity index (χ1n) is 9.03. The summed E-state index contributed by atoms with van der Waals surface area (Å²) in [5, 5.41) is 0. The number of benzene rings is 3. The molecule has 1 aliphatic carbocycles. The van der Waals surface area contributed by atoms with Crippen LogP contribution in [0.2, 0.25) is 0 Å². The molecule has 0 heterocycles. The normalized spacial score (nSPS) is 20.7. The van der Waals surface area contributed by atoms with Crippen molar-refractivity contribution in [2.75, 3.05) is 7.11 Å². The van der Waals surface area contributed by atoms with Gasteiger partial charge in [0, 0.05) is 23.3 Å². The largest absolute Gasteiger partial charge is 0.465 e. The van der Waals surface area contributed by atoms with E-state index in [-0.39, 0.29) is 23.5 Å². The Balaban J connectivity index is 1.64. The molecule has 0 aromatic heterocycles. The maximum absolute atomic E-state index is 13.2. The number of carbonyl (C=O) groups excluding carboxylic acids is 2. The van der Waals surface area contributed by atoms with Gasteiger partial charge in [0.2, 0.25) is 0 Å². The van der Waals surface area contributed by atoms with E-state index < -0.39 is 5.97 Å². The van der Waals surface area contributed by atoms with E-state index in [1.54, 1.807) is 24.3 Å². The number of hydrogen-bond acceptors (Lipinski definition) is 3. The van der Waals surface area contributed by atoms with Crippen LogP contribution in [-0.2, 0) is 4.74 Å². The topological polar surface area (TPSA) is 43.4 Å². The van der Waals surface area contributed by atoms with E-state index in [0.717, 1.165) is 0 Å². The standard InChI is InChI=1S/C24H20O3/c1-27-24(26)19-14-12-18(13-15-19)23(25)22-20(16-8-4-2-5-9-16)21(22)17-10-6-3-7-11-17/h2-15,20-22H,1H3/t20-,21+,22?. The number of ketones is 1. The molecule has 3 heteroatoms. The maximum Gasteiger partial charge on any atom is 0.337 e. The number of rotatable bonds is 5. The Hall–Kier alpha value is -3.20. The Morgan fingerprint density at radius 2 is 1.11 bits per heavy atom. The molecule has 0 saturated heterocycles. The minimum absolute atomic E-state index is 0.0845. The summed E-state index contributed by atoms with van der Waals surface area (Å²) in [5.74, 6) is 0.000380. The van der Waals surface area contributed by atoms with Gasteiger partial charge in [-0.25, -0.2) is 4.79 Å². The smallest absolute Gasteiger partial charge is 0.337 e. The Morgan fingerprint density at radius 1 is 0.667 bits per heavy atom. The molecule has 1 unspecified atom stereocenters. The summed E-state index contributed by atoms with van der Waals surface area (Å²) in [4.78, 5) is 24.8. The summed E-state index contributed by atoms with van der Waals surface area (Å²) in [5.41, 5.74) is 3.46. The SMILES string of the molecule is COC(=O)c1ccc(C(=O)C2[C@@H](c3ccccc3)[C@H]2c2ccccc2)cc1. The van der Waals surface area contributed by atoms with Gasteiger partial charge < -0.3 is 4.74 Å². The van der Waals surface area contributed by atoms with Crippen molar-refractivity contribution in [3.8, 4) is 0 Å². The van der Waals surface area contributed by atoms with E-state index >= 15 is 0 Å². The van der Waals surface area contributed by atoms with Crippen molar-refractivity contribution in [2.24, 2.45) is 5.92 Å². The third kappa shape index (κ3) is 3.28. The summed E-state index contributed by atoms with van der Waals surface area (Å²) in [6, 6.07) is 27.2. The third-order valence-corrected chi connectivity index (χ3v) is 5.28. The predicted molar refractivity (Wildman–Crippen MR) is 104 cm³/mol. The highest BCUT2D eigenvalue weighted by Crippen LogP contribution is 2.61. The van der Waals surface area contributed by atoms with Crippen molar-refractivity contribution in [1.82, 2.24) is 0 Å². The van der Waals surface area contributed by atoms with Gasteiger partial charge in [-0.1, -0.05) is 72.8 Å². The zero-order valence-corrected chi connectivity index (χ0v) is 15.0. The van der Waals surface area contributed by atoms with E-state index in [1.165, 1.54) is 18.2 Å². The molecule has 27 heavy (non-hydrogen) atoms. The van der Waals surface area contributed by atoms with Crippen molar-refractivity contribution < 1.29 is 14.3 Å². The van der Waals surface area contributed by atoms with Gasteiger partial charge in [0.15, 0.2) is 5.78 Å². The van der Waals surface area contributed by atoms with Crippen LogP contribution in [0.5, 0.6) is 0 Å². The monoisotopic (exact) mass is 356 g/mol. The summed E-state index contributed by atoms with van der Waals surface area (Å²) in [7, 11) is 1.35. The fraction of sp³-hybridized carbons (Fsp3) is 0.167. The minimum atomic E-state index is -0.398. The molecule has 3 atom stereocenters. The van der Waals surface area contributed by atoms with Crippen LogP contribution in [0.15, 0.2) is 84.9 Å². The first-order valence-corrected chi connectivity index (χ1v) is 9.03. The Bertz CT molecular complexity index is 900. The molecule has 3 aromatic carbocycles. The van der Waals surface area contributed by atoms with Crippen LogP contribution in [0.3, 0.4) is 0 Å². The molecular formula is C24H20O3. The molecule has 4 rings (SSSR count). The van der Waals surface area contributed by atoms with Gasteiger partial charge in [0.05, 0.1) is 12.7 Å². The van der Waals surface area contributed by atoms with E-state index in [4.69, 9.17) is 4.74 Å². The molecule has 1 saturated carbocycles. The van der Waals surface area contributed by atoms with Crippen LogP contribution in [-0.4, -0.2) is 18.9 Å². The van der Waals surface area contributed by atoms with Crippen molar-refractivity contribution in [2.45, 2.75) is 11.8 Å². The molecule has 1 aliphatic rings. The fourth-order valence-corrected chi connectivity index (χ4v) is 3.90. The predicted octanol–water partition coefficient (Wildman–Crippen LogP) is 4.85. The Kier molecular flexibility index (Phi) is 4.59. The lowest BCUT2D eigenvalue weighted by molar-refractivity contribution is 0.0600. The van der Waals surface area contributed by atoms with Gasteiger partial charge >= 0.3 is 5.97 Å². The van der Waals surface area contributed by atoms with E-state index in [2.05, 4.69) is 24.3 Å². The number of Topliss-reactive ketones (excluding diaryl/α,β-unsaturated/α-hetero) is 1. The van der Waals surface area contributed by atoms with Crippen LogP contribution in [0.4, 0.5) is 0 Å². The zero-order valence-electron chi connectivity index (χ0n) is 15.0. The lowest BCUT2D eigenvalue weighted by Crippen LogP contribution is -2.06. The van der Waals surface area contributed by atoms with E-state index in [0.29, 0.717) is 11.1 Å². The van der Waals surface area contributed by atoms with Crippen LogP contribution in [0.1, 0.15) is 43.7 Å². The molecule has 3 nitrogen and oxygen atoms in total. The van der Waals surface area contributed by atoms with E-state index in [9.17, 15) is 9.59 Å². The molecule has 0 radical (unpaired) electrons. The van der Waals surface area contributed by atoms with Gasteiger partial charge in [-0.15, -0.1) is 0 Å². The third-order valence-electron chi connectivity index (χ3n) is 5.28. The zero-order chi connectivity index (χ0) is 18.8. The number of methoxy groups -OCH3 is 1. The number of ether oxygens (including phenoxy) is 1. The summed E-state index contributed by atoms with van der Waals surface area (Å²) < 4.78 is 4.72. The lowest BCUT2D eigenvalue weighted by Gasteiger charge is -2.03. The average molecular weight is 356 g/mol. The van der Waals surface area contributed by atoms with Gasteiger partial charge in [0.1, 0.15) is 0 Å². The van der Waals surface area contributed by atoms with Crippen molar-refractivity contribution >= 4 is 11.8 Å². The molecule has 0 amide bonds. The van der Waals surface area contributed by atoms with Gasteiger partial charge in [-0.2, -0.15) is 0 Å². The molecule has 0 aliphatic heterocycles. The first kappa shape index (κ1) is 17.2. The quantitative estimate of drug-likeness (QED) is 0.485. The number of esters is 1. The van der Waals surface area contributed by atoms with Crippen LogP contribution >= 0.6 is 0 Å². The molecular weight excluding hydrogens is 336 g/mol. The fourth-order valence-electron chi connectivity index (χ4n) is 3.90. The summed E-state index contributed by atoms with van der Waals surface area (Å²) in [6.45, 7) is 0. The number of hydrogen-bond donors (Lipinski definition) is 0. The molecule has 0 bridgehead atoms. The lowest BCUT2D eigenvalue weighted by atomic mass is 10.0. The molecule has 0 spiro atoms. The summed E-state index contributed by atoms with van der Waals surface area (Å²) in [6.07, 6.45) is 0. The van der Waals surface area contributed by atoms with Gasteiger partial charge in [0.25, 0.3) is 0 Å². The molecule has 134 valence electrons. The first-order chi connectivity index (χ1) is 13.2. The second kappa shape index (κ2) is 7.20. The Labute approximate surface area is 158 Å². The second-order valence-electron chi connectivity index (χ2n) is 6.83. The molecule has 1 fully saturated rings. The molecule has 3 aromatic rings. The average Bonchev–Trinajstić information content (AvgIpc) is 3.50. The van der Waals surface area contributed by atoms with Gasteiger partial charge in [-0.05, 0) is 23.3 Å². The molecule has 0 N–H and O–H groups in total.